The Morgan fingerprint density at radius 2 is 2.12 bits per heavy atom. The van der Waals surface area contributed by atoms with Crippen LogP contribution >= 0.6 is 0 Å². The van der Waals surface area contributed by atoms with E-state index in [1.165, 1.54) is 13.0 Å². The van der Waals surface area contributed by atoms with E-state index in [-0.39, 0.29) is 6.10 Å². The van der Waals surface area contributed by atoms with E-state index in [0.717, 1.165) is 44.7 Å². The molecular weight excluding hydrogens is 202 g/mol. The molecule has 1 saturated carbocycles. The summed E-state index contributed by atoms with van der Waals surface area (Å²) in [5.41, 5.74) is 0. The third-order valence-corrected chi connectivity index (χ3v) is 4.15. The third-order valence-electron chi connectivity index (χ3n) is 4.15. The molecule has 0 aromatic rings. The molecule has 0 spiro atoms. The minimum absolute atomic E-state index is 0.0489. The third kappa shape index (κ3) is 2.83. The van der Waals surface area contributed by atoms with Crippen molar-refractivity contribution in [2.45, 2.75) is 45.1 Å². The molecule has 0 radical (unpaired) electrons. The SMILES string of the molecule is CC(=O)CCCCN1CC2CCC(O)C2C1. The van der Waals surface area contributed by atoms with E-state index < -0.39 is 0 Å². The number of likely N-dealkylation sites (tertiary alicyclic amines) is 1. The molecule has 3 heteroatoms. The highest BCUT2D eigenvalue weighted by Gasteiger charge is 2.41. The van der Waals surface area contributed by atoms with Gasteiger partial charge in [0.15, 0.2) is 0 Å². The van der Waals surface area contributed by atoms with Gasteiger partial charge in [0.05, 0.1) is 6.10 Å². The number of hydrogen-bond donors (Lipinski definition) is 1. The molecule has 92 valence electrons. The summed E-state index contributed by atoms with van der Waals surface area (Å²) in [7, 11) is 0. The maximum atomic E-state index is 10.8. The van der Waals surface area contributed by atoms with Gasteiger partial charge in [0.25, 0.3) is 0 Å². The van der Waals surface area contributed by atoms with Crippen LogP contribution in [0.15, 0.2) is 0 Å². The fraction of sp³-hybridized carbons (Fsp3) is 0.923. The lowest BCUT2D eigenvalue weighted by Gasteiger charge is -2.17. The predicted molar refractivity (Wildman–Crippen MR) is 63.2 cm³/mol. The van der Waals surface area contributed by atoms with Crippen molar-refractivity contribution in [3.8, 4) is 0 Å². The van der Waals surface area contributed by atoms with Crippen LogP contribution in [0.5, 0.6) is 0 Å². The van der Waals surface area contributed by atoms with Crippen molar-refractivity contribution in [2.75, 3.05) is 19.6 Å². The first-order valence-corrected chi connectivity index (χ1v) is 6.56. The lowest BCUT2D eigenvalue weighted by atomic mass is 10.00. The predicted octanol–water partition coefficient (Wildman–Crippen LogP) is 1.45. The summed E-state index contributed by atoms with van der Waals surface area (Å²) in [6.45, 7) is 5.01. The van der Waals surface area contributed by atoms with Gasteiger partial charge in [0, 0.05) is 25.4 Å². The molecule has 1 N–H and O–H groups in total. The highest BCUT2D eigenvalue weighted by Crippen LogP contribution is 2.37. The van der Waals surface area contributed by atoms with Crippen molar-refractivity contribution in [3.05, 3.63) is 0 Å². The van der Waals surface area contributed by atoms with Crippen molar-refractivity contribution in [1.82, 2.24) is 4.90 Å². The van der Waals surface area contributed by atoms with Gasteiger partial charge in [-0.2, -0.15) is 0 Å². The molecule has 2 fully saturated rings. The molecule has 0 amide bonds. The summed E-state index contributed by atoms with van der Waals surface area (Å²) in [6.07, 6.45) is 5.03. The highest BCUT2D eigenvalue weighted by atomic mass is 16.3. The average Bonchev–Trinajstić information content (AvgIpc) is 2.76. The van der Waals surface area contributed by atoms with Crippen molar-refractivity contribution < 1.29 is 9.90 Å². The number of carbonyl (C=O) groups is 1. The molecule has 1 heterocycles. The summed E-state index contributed by atoms with van der Waals surface area (Å²) in [5.74, 6) is 1.57. The molecule has 3 unspecified atom stereocenters. The van der Waals surface area contributed by atoms with Crippen molar-refractivity contribution >= 4 is 5.78 Å². The zero-order valence-corrected chi connectivity index (χ0v) is 10.2. The molecular formula is C13H23NO2. The van der Waals surface area contributed by atoms with Crippen LogP contribution < -0.4 is 0 Å². The average molecular weight is 225 g/mol. The van der Waals surface area contributed by atoms with Gasteiger partial charge in [-0.3, -0.25) is 0 Å². The first kappa shape index (κ1) is 12.1. The highest BCUT2D eigenvalue weighted by molar-refractivity contribution is 5.75. The minimum Gasteiger partial charge on any atom is -0.393 e. The van der Waals surface area contributed by atoms with Gasteiger partial charge >= 0.3 is 0 Å². The Morgan fingerprint density at radius 1 is 1.31 bits per heavy atom. The zero-order chi connectivity index (χ0) is 11.5. The van der Waals surface area contributed by atoms with Crippen LogP contribution in [0.4, 0.5) is 0 Å². The quantitative estimate of drug-likeness (QED) is 0.720. The summed E-state index contributed by atoms with van der Waals surface area (Å²) < 4.78 is 0. The van der Waals surface area contributed by atoms with Gasteiger partial charge in [-0.05, 0) is 45.1 Å². The molecule has 1 aliphatic carbocycles. The maximum Gasteiger partial charge on any atom is 0.129 e. The fourth-order valence-corrected chi connectivity index (χ4v) is 3.22. The number of nitrogens with zero attached hydrogens (tertiary/aromatic N) is 1. The van der Waals surface area contributed by atoms with E-state index in [2.05, 4.69) is 4.90 Å². The number of aliphatic hydroxyl groups is 1. The second kappa shape index (κ2) is 5.28. The van der Waals surface area contributed by atoms with Crippen LogP contribution in [0.3, 0.4) is 0 Å². The summed E-state index contributed by atoms with van der Waals surface area (Å²) in [6, 6.07) is 0. The number of fused-ring (bicyclic) bond motifs is 1. The summed E-state index contributed by atoms with van der Waals surface area (Å²) in [4.78, 5) is 13.3. The number of aliphatic hydroxyl groups excluding tert-OH is 1. The first-order valence-electron chi connectivity index (χ1n) is 6.56. The topological polar surface area (TPSA) is 40.5 Å². The van der Waals surface area contributed by atoms with E-state index in [0.29, 0.717) is 11.7 Å². The van der Waals surface area contributed by atoms with Crippen LogP contribution in [0.2, 0.25) is 0 Å². The van der Waals surface area contributed by atoms with E-state index in [4.69, 9.17) is 0 Å². The molecule has 2 rings (SSSR count). The van der Waals surface area contributed by atoms with Crippen LogP contribution in [-0.2, 0) is 4.79 Å². The zero-order valence-electron chi connectivity index (χ0n) is 10.2. The van der Waals surface area contributed by atoms with Gasteiger partial charge in [-0.15, -0.1) is 0 Å². The van der Waals surface area contributed by atoms with E-state index >= 15 is 0 Å². The van der Waals surface area contributed by atoms with Crippen molar-refractivity contribution in [3.63, 3.8) is 0 Å². The molecule has 2 aliphatic rings. The second-order valence-corrected chi connectivity index (χ2v) is 5.49. The fourth-order valence-electron chi connectivity index (χ4n) is 3.22. The standard InChI is InChI=1S/C13H23NO2/c1-10(15)4-2-3-7-14-8-11-5-6-13(16)12(11)9-14/h11-13,16H,2-9H2,1H3. The van der Waals surface area contributed by atoms with E-state index in [1.54, 1.807) is 6.92 Å². The monoisotopic (exact) mass is 225 g/mol. The number of unbranched alkanes of at least 4 members (excludes halogenated alkanes) is 1. The second-order valence-electron chi connectivity index (χ2n) is 5.49. The summed E-state index contributed by atoms with van der Waals surface area (Å²) >= 11 is 0. The Hall–Kier alpha value is -0.410. The molecule has 3 atom stereocenters. The molecule has 16 heavy (non-hydrogen) atoms. The van der Waals surface area contributed by atoms with Gasteiger partial charge in [0.2, 0.25) is 0 Å². The molecule has 3 nitrogen and oxygen atoms in total. The van der Waals surface area contributed by atoms with Crippen LogP contribution in [-0.4, -0.2) is 41.5 Å². The smallest absolute Gasteiger partial charge is 0.129 e. The molecule has 0 bridgehead atoms. The normalized spacial score (nSPS) is 34.2. The molecule has 1 aliphatic heterocycles. The van der Waals surface area contributed by atoms with Crippen LogP contribution in [0.1, 0.15) is 39.0 Å². The van der Waals surface area contributed by atoms with Gasteiger partial charge in [-0.1, -0.05) is 0 Å². The number of ketones is 1. The summed E-state index contributed by atoms with van der Waals surface area (Å²) in [5, 5.41) is 9.79. The Bertz CT molecular complexity index is 254. The van der Waals surface area contributed by atoms with Crippen molar-refractivity contribution in [2.24, 2.45) is 11.8 Å². The molecule has 0 aromatic heterocycles. The molecule has 0 aromatic carbocycles. The number of rotatable bonds is 5. The lowest BCUT2D eigenvalue weighted by Crippen LogP contribution is -2.25. The largest absolute Gasteiger partial charge is 0.393 e. The Labute approximate surface area is 97.8 Å². The maximum absolute atomic E-state index is 10.8. The van der Waals surface area contributed by atoms with E-state index in [9.17, 15) is 9.90 Å². The van der Waals surface area contributed by atoms with E-state index in [1.807, 2.05) is 0 Å². The number of hydrogen-bond acceptors (Lipinski definition) is 3. The Balaban J connectivity index is 1.64. The van der Waals surface area contributed by atoms with Gasteiger partial charge in [-0.25, -0.2) is 0 Å². The molecule has 1 saturated heterocycles. The van der Waals surface area contributed by atoms with Gasteiger partial charge < -0.3 is 14.8 Å². The Kier molecular flexibility index (Phi) is 3.98. The van der Waals surface area contributed by atoms with Crippen LogP contribution in [0.25, 0.3) is 0 Å². The minimum atomic E-state index is -0.0489. The lowest BCUT2D eigenvalue weighted by molar-refractivity contribution is -0.117. The Morgan fingerprint density at radius 3 is 2.81 bits per heavy atom. The van der Waals surface area contributed by atoms with Crippen molar-refractivity contribution in [1.29, 1.82) is 0 Å². The number of Topliss-reactive ketones (excluding diaryl/α,β-unsaturated/α-hetero) is 1. The van der Waals surface area contributed by atoms with Crippen LogP contribution in [0, 0.1) is 11.8 Å². The first-order chi connectivity index (χ1) is 7.66. The van der Waals surface area contributed by atoms with Gasteiger partial charge in [0.1, 0.15) is 5.78 Å². The number of carbonyl (C=O) groups excluding carboxylic acids is 1.